The van der Waals surface area contributed by atoms with Crippen molar-refractivity contribution in [3.63, 3.8) is 0 Å². The topological polar surface area (TPSA) is 92.9 Å². The maximum atomic E-state index is 14.2. The molecule has 0 amide bonds. The molecule has 5 atom stereocenters. The SMILES string of the molecule is Cc1ccc([C@H]2[C@H](C(=O)[C@@]3(O)C[C@H]4CC[C@]3(C)C4(C)C)CON2Cc2ccccc2)cc1[N+](=O)[O-]. The number of carbonyl (C=O) groups excluding carboxylic acids is 1. The molecular weight excluding hydrogens is 444 g/mol. The number of rotatable bonds is 6. The van der Waals surface area contributed by atoms with Gasteiger partial charge in [0, 0.05) is 23.6 Å². The molecule has 2 aromatic carbocycles. The van der Waals surface area contributed by atoms with Crippen molar-refractivity contribution in [1.82, 2.24) is 5.06 Å². The lowest BCUT2D eigenvalue weighted by atomic mass is 9.61. The summed E-state index contributed by atoms with van der Waals surface area (Å²) in [7, 11) is 0. The molecule has 7 heteroatoms. The fraction of sp³-hybridized carbons (Fsp3) is 0.536. The first-order valence-electron chi connectivity index (χ1n) is 12.4. The van der Waals surface area contributed by atoms with Crippen molar-refractivity contribution in [2.24, 2.45) is 22.7 Å². The van der Waals surface area contributed by atoms with Gasteiger partial charge in [-0.1, -0.05) is 63.2 Å². The molecule has 2 bridgehead atoms. The quantitative estimate of drug-likeness (QED) is 0.456. The van der Waals surface area contributed by atoms with Crippen LogP contribution < -0.4 is 0 Å². The van der Waals surface area contributed by atoms with E-state index in [4.69, 9.17) is 4.84 Å². The van der Waals surface area contributed by atoms with Crippen LogP contribution in [0.25, 0.3) is 0 Å². The van der Waals surface area contributed by atoms with Crippen LogP contribution in [0.1, 0.15) is 62.8 Å². The van der Waals surface area contributed by atoms with Gasteiger partial charge in [-0.3, -0.25) is 19.7 Å². The van der Waals surface area contributed by atoms with Gasteiger partial charge in [0.1, 0.15) is 5.60 Å². The molecule has 2 saturated carbocycles. The molecule has 1 aliphatic heterocycles. The second-order valence-corrected chi connectivity index (χ2v) is 11.4. The number of nitrogens with zero attached hydrogens (tertiary/aromatic N) is 2. The molecule has 0 radical (unpaired) electrons. The van der Waals surface area contributed by atoms with Gasteiger partial charge in [-0.15, -0.1) is 0 Å². The Morgan fingerprint density at radius 2 is 1.91 bits per heavy atom. The molecule has 3 fully saturated rings. The van der Waals surface area contributed by atoms with Gasteiger partial charge in [0.15, 0.2) is 5.78 Å². The van der Waals surface area contributed by atoms with Gasteiger partial charge in [0.2, 0.25) is 0 Å². The van der Waals surface area contributed by atoms with Crippen molar-refractivity contribution < 1.29 is 19.7 Å². The Hall–Kier alpha value is -2.61. The second kappa shape index (κ2) is 8.22. The van der Waals surface area contributed by atoms with Gasteiger partial charge >= 0.3 is 0 Å². The summed E-state index contributed by atoms with van der Waals surface area (Å²) in [6.45, 7) is 8.68. The minimum Gasteiger partial charge on any atom is -0.381 e. The van der Waals surface area contributed by atoms with Gasteiger partial charge in [0.25, 0.3) is 5.69 Å². The third kappa shape index (κ3) is 3.47. The minimum atomic E-state index is -1.44. The first kappa shape index (κ1) is 24.1. The van der Waals surface area contributed by atoms with Crippen LogP contribution in [-0.4, -0.2) is 33.1 Å². The van der Waals surface area contributed by atoms with Crippen molar-refractivity contribution in [3.8, 4) is 0 Å². The Kier molecular flexibility index (Phi) is 5.66. The Morgan fingerprint density at radius 3 is 2.51 bits per heavy atom. The summed E-state index contributed by atoms with van der Waals surface area (Å²) >= 11 is 0. The summed E-state index contributed by atoms with van der Waals surface area (Å²) in [5.41, 5.74) is 0.162. The third-order valence-corrected chi connectivity index (χ3v) is 9.70. The summed E-state index contributed by atoms with van der Waals surface area (Å²) in [4.78, 5) is 31.6. The number of fused-ring (bicyclic) bond motifs is 2. The molecule has 2 aliphatic carbocycles. The van der Waals surface area contributed by atoms with E-state index in [-0.39, 0.29) is 28.4 Å². The Morgan fingerprint density at radius 1 is 1.20 bits per heavy atom. The van der Waals surface area contributed by atoms with Crippen molar-refractivity contribution in [3.05, 3.63) is 75.3 Å². The summed E-state index contributed by atoms with van der Waals surface area (Å²) in [5, 5.41) is 25.5. The number of hydrogen-bond donors (Lipinski definition) is 1. The van der Waals surface area contributed by atoms with Crippen LogP contribution in [0, 0.1) is 39.7 Å². The highest BCUT2D eigenvalue weighted by Gasteiger charge is 2.72. The smallest absolute Gasteiger partial charge is 0.272 e. The van der Waals surface area contributed by atoms with Crippen molar-refractivity contribution in [2.45, 2.75) is 65.1 Å². The van der Waals surface area contributed by atoms with E-state index in [0.29, 0.717) is 30.0 Å². The van der Waals surface area contributed by atoms with Crippen LogP contribution in [0.3, 0.4) is 0 Å². The van der Waals surface area contributed by atoms with E-state index >= 15 is 0 Å². The second-order valence-electron chi connectivity index (χ2n) is 11.4. The van der Waals surface area contributed by atoms with E-state index in [0.717, 1.165) is 18.4 Å². The van der Waals surface area contributed by atoms with Gasteiger partial charge in [-0.25, -0.2) is 0 Å². The maximum absolute atomic E-state index is 14.2. The first-order valence-corrected chi connectivity index (χ1v) is 12.4. The standard InChI is InChI=1S/C28H34N2O5/c1-18-10-11-20(14-23(18)30(33)34)24-22(17-35-29(24)16-19-8-6-5-7-9-19)25(31)28(32)15-21-12-13-27(28,4)26(21,2)3/h5-11,14,21-22,24,32H,12-13,15-17H2,1-4H3/t21-,22-,24+,27-,28+/m1/s1. The lowest BCUT2D eigenvalue weighted by Crippen LogP contribution is -2.55. The molecule has 5 rings (SSSR count). The Bertz CT molecular complexity index is 1170. The summed E-state index contributed by atoms with van der Waals surface area (Å²) in [6, 6.07) is 14.4. The number of benzene rings is 2. The average molecular weight is 479 g/mol. The molecule has 0 aromatic heterocycles. The van der Waals surface area contributed by atoms with E-state index in [1.165, 1.54) is 0 Å². The number of hydroxylamine groups is 2. The number of carbonyl (C=O) groups is 1. The van der Waals surface area contributed by atoms with Gasteiger partial charge in [0.05, 0.1) is 23.5 Å². The van der Waals surface area contributed by atoms with Crippen LogP contribution in [0.4, 0.5) is 5.69 Å². The molecule has 1 heterocycles. The molecule has 3 aliphatic rings. The number of aliphatic hydroxyl groups is 1. The van der Waals surface area contributed by atoms with Crippen LogP contribution in [0.2, 0.25) is 0 Å². The fourth-order valence-corrected chi connectivity index (χ4v) is 7.03. The Labute approximate surface area is 206 Å². The highest BCUT2D eigenvalue weighted by molar-refractivity contribution is 5.92. The van der Waals surface area contributed by atoms with E-state index in [1.54, 1.807) is 24.1 Å². The zero-order chi connectivity index (χ0) is 25.2. The number of nitro groups is 1. The van der Waals surface area contributed by atoms with Gasteiger partial charge in [-0.05, 0) is 48.6 Å². The van der Waals surface area contributed by atoms with Crippen LogP contribution in [-0.2, 0) is 16.2 Å². The molecule has 1 N–H and O–H groups in total. The Balaban J connectivity index is 1.54. The molecule has 7 nitrogen and oxygen atoms in total. The molecule has 186 valence electrons. The van der Waals surface area contributed by atoms with Crippen molar-refractivity contribution in [2.75, 3.05) is 6.61 Å². The largest absolute Gasteiger partial charge is 0.381 e. The van der Waals surface area contributed by atoms with Crippen molar-refractivity contribution in [1.29, 1.82) is 0 Å². The van der Waals surface area contributed by atoms with Crippen LogP contribution in [0.5, 0.6) is 0 Å². The van der Waals surface area contributed by atoms with Gasteiger partial charge in [-0.2, -0.15) is 5.06 Å². The van der Waals surface area contributed by atoms with Crippen LogP contribution in [0.15, 0.2) is 48.5 Å². The predicted octanol–water partition coefficient (Wildman–Crippen LogP) is 5.15. The summed E-state index contributed by atoms with van der Waals surface area (Å²) < 4.78 is 0. The highest BCUT2D eigenvalue weighted by Crippen LogP contribution is 2.70. The van der Waals surface area contributed by atoms with Crippen LogP contribution >= 0.6 is 0 Å². The minimum absolute atomic E-state index is 0.0204. The monoisotopic (exact) mass is 478 g/mol. The fourth-order valence-electron chi connectivity index (χ4n) is 7.03. The first-order chi connectivity index (χ1) is 16.5. The number of ketones is 1. The average Bonchev–Trinajstić information content (AvgIpc) is 3.38. The lowest BCUT2D eigenvalue weighted by molar-refractivity contribution is -0.385. The third-order valence-electron chi connectivity index (χ3n) is 9.70. The zero-order valence-corrected chi connectivity index (χ0v) is 20.9. The molecule has 0 spiro atoms. The van der Waals surface area contributed by atoms with E-state index in [1.807, 2.05) is 36.4 Å². The summed E-state index contributed by atoms with van der Waals surface area (Å²) in [5.74, 6) is -0.528. The molecule has 35 heavy (non-hydrogen) atoms. The van der Waals surface area contributed by atoms with Gasteiger partial charge < -0.3 is 5.11 Å². The van der Waals surface area contributed by atoms with E-state index in [2.05, 4.69) is 20.8 Å². The lowest BCUT2D eigenvalue weighted by Gasteiger charge is -2.45. The number of Topliss-reactive ketones (excluding diaryl/α,β-unsaturated/α-hetero) is 1. The van der Waals surface area contributed by atoms with Crippen molar-refractivity contribution >= 4 is 11.5 Å². The zero-order valence-electron chi connectivity index (χ0n) is 20.9. The number of nitro benzene ring substituents is 1. The normalized spacial score (nSPS) is 33.8. The van der Waals surface area contributed by atoms with E-state index in [9.17, 15) is 20.0 Å². The number of hydrogen-bond acceptors (Lipinski definition) is 6. The molecule has 2 aromatic rings. The van der Waals surface area contributed by atoms with E-state index < -0.39 is 23.0 Å². The highest BCUT2D eigenvalue weighted by atomic mass is 16.7. The molecule has 0 unspecified atom stereocenters. The summed E-state index contributed by atoms with van der Waals surface area (Å²) in [6.07, 6.45) is 2.30. The predicted molar refractivity (Wildman–Crippen MR) is 131 cm³/mol. The maximum Gasteiger partial charge on any atom is 0.272 e. The molecule has 1 saturated heterocycles. The number of aryl methyl sites for hydroxylation is 1. The molecular formula is C28H34N2O5.